The molecule has 0 saturated carbocycles. The van der Waals surface area contributed by atoms with Crippen molar-refractivity contribution >= 4 is 17.9 Å². The van der Waals surface area contributed by atoms with Gasteiger partial charge in [0.1, 0.15) is 13.2 Å². The molecule has 0 aromatic heterocycles. The Morgan fingerprint density at radius 2 is 0.508 bits per heavy atom. The molecule has 0 aromatic rings. The Bertz CT molecular complexity index is 1050. The van der Waals surface area contributed by atoms with Gasteiger partial charge in [0.2, 0.25) is 0 Å². The fourth-order valence-corrected chi connectivity index (χ4v) is 8.55. The van der Waals surface area contributed by atoms with E-state index in [1.54, 1.807) is 0 Å². The standard InChI is InChI=1S/C59H110O6/c1-4-7-10-13-16-19-22-25-27-28-29-30-32-34-37-40-43-46-49-52-58(61)64-55-56(54-63-57(60)51-48-45-42-39-36-33-24-21-18-15-12-9-6-3)65-59(62)53-50-47-44-41-38-35-31-26-23-20-17-14-11-8-5-2/h21,24-25,27,56H,4-20,22-23,26,28-55H2,1-3H3/b24-21-,27-25-. The zero-order chi connectivity index (χ0) is 47.2. The lowest BCUT2D eigenvalue weighted by Gasteiger charge is -2.18. The maximum atomic E-state index is 12.8. The Kier molecular flexibility index (Phi) is 52.7. The molecule has 382 valence electrons. The lowest BCUT2D eigenvalue weighted by Crippen LogP contribution is -2.30. The van der Waals surface area contributed by atoms with Crippen LogP contribution in [-0.2, 0) is 28.6 Å². The summed E-state index contributed by atoms with van der Waals surface area (Å²) in [4.78, 5) is 38.1. The molecule has 0 aliphatic rings. The molecular formula is C59H110O6. The molecule has 0 aliphatic carbocycles. The van der Waals surface area contributed by atoms with Gasteiger partial charge in [-0.05, 0) is 70.6 Å². The van der Waals surface area contributed by atoms with Gasteiger partial charge in [0.15, 0.2) is 6.10 Å². The molecule has 0 aliphatic heterocycles. The predicted octanol–water partition coefficient (Wildman–Crippen LogP) is 19.1. The van der Waals surface area contributed by atoms with Gasteiger partial charge in [0.05, 0.1) is 0 Å². The lowest BCUT2D eigenvalue weighted by atomic mass is 10.0. The molecule has 0 saturated heterocycles. The molecule has 0 fully saturated rings. The molecule has 1 atom stereocenters. The number of unbranched alkanes of at least 4 members (excludes halogenated alkanes) is 38. The molecule has 0 amide bonds. The summed E-state index contributed by atoms with van der Waals surface area (Å²) in [6, 6.07) is 0. The Morgan fingerprint density at radius 1 is 0.292 bits per heavy atom. The summed E-state index contributed by atoms with van der Waals surface area (Å²) < 4.78 is 16.9. The molecule has 6 heteroatoms. The number of hydrogen-bond donors (Lipinski definition) is 0. The highest BCUT2D eigenvalue weighted by atomic mass is 16.6. The first-order valence-electron chi connectivity index (χ1n) is 28.8. The monoisotopic (exact) mass is 915 g/mol. The number of rotatable bonds is 53. The fourth-order valence-electron chi connectivity index (χ4n) is 8.55. The molecule has 1 unspecified atom stereocenters. The van der Waals surface area contributed by atoms with E-state index in [4.69, 9.17) is 14.2 Å². The van der Waals surface area contributed by atoms with E-state index < -0.39 is 6.10 Å². The van der Waals surface area contributed by atoms with Crippen molar-refractivity contribution in [2.24, 2.45) is 0 Å². The van der Waals surface area contributed by atoms with E-state index in [0.29, 0.717) is 19.3 Å². The zero-order valence-corrected chi connectivity index (χ0v) is 43.8. The average Bonchev–Trinajstić information content (AvgIpc) is 3.30. The van der Waals surface area contributed by atoms with E-state index >= 15 is 0 Å². The van der Waals surface area contributed by atoms with Gasteiger partial charge in [0, 0.05) is 19.3 Å². The third kappa shape index (κ3) is 52.7. The van der Waals surface area contributed by atoms with Gasteiger partial charge < -0.3 is 14.2 Å². The fraction of sp³-hybridized carbons (Fsp3) is 0.881. The summed E-state index contributed by atoms with van der Waals surface area (Å²) in [5, 5.41) is 0. The van der Waals surface area contributed by atoms with Crippen molar-refractivity contribution < 1.29 is 28.6 Å². The third-order valence-corrected chi connectivity index (χ3v) is 12.9. The molecule has 0 aromatic carbocycles. The van der Waals surface area contributed by atoms with Crippen LogP contribution in [0.15, 0.2) is 24.3 Å². The van der Waals surface area contributed by atoms with Gasteiger partial charge in [-0.1, -0.05) is 251 Å². The van der Waals surface area contributed by atoms with Crippen LogP contribution in [0.3, 0.4) is 0 Å². The highest BCUT2D eigenvalue weighted by Crippen LogP contribution is 2.16. The van der Waals surface area contributed by atoms with Crippen LogP contribution >= 0.6 is 0 Å². The summed E-state index contributed by atoms with van der Waals surface area (Å²) in [7, 11) is 0. The van der Waals surface area contributed by atoms with Crippen LogP contribution in [0.25, 0.3) is 0 Å². The molecular weight excluding hydrogens is 805 g/mol. The second-order valence-corrected chi connectivity index (χ2v) is 19.6. The van der Waals surface area contributed by atoms with Crippen molar-refractivity contribution in [2.45, 2.75) is 322 Å². The van der Waals surface area contributed by atoms with Crippen LogP contribution < -0.4 is 0 Å². The molecule has 0 spiro atoms. The molecule has 0 rings (SSSR count). The second-order valence-electron chi connectivity index (χ2n) is 19.6. The van der Waals surface area contributed by atoms with E-state index in [2.05, 4.69) is 45.1 Å². The highest BCUT2D eigenvalue weighted by molar-refractivity contribution is 5.71. The first kappa shape index (κ1) is 62.9. The molecule has 0 radical (unpaired) electrons. The summed E-state index contributed by atoms with van der Waals surface area (Å²) in [5.41, 5.74) is 0. The van der Waals surface area contributed by atoms with E-state index in [1.807, 2.05) is 0 Å². The summed E-state index contributed by atoms with van der Waals surface area (Å²) in [5.74, 6) is -0.862. The topological polar surface area (TPSA) is 78.9 Å². The largest absolute Gasteiger partial charge is 0.462 e. The van der Waals surface area contributed by atoms with Crippen LogP contribution in [-0.4, -0.2) is 37.2 Å². The van der Waals surface area contributed by atoms with Crippen LogP contribution in [0, 0.1) is 0 Å². The van der Waals surface area contributed by atoms with Gasteiger partial charge in [0.25, 0.3) is 0 Å². The molecule has 0 heterocycles. The maximum absolute atomic E-state index is 12.8. The average molecular weight is 916 g/mol. The minimum absolute atomic E-state index is 0.0706. The number of carbonyl (C=O) groups excluding carboxylic acids is 3. The van der Waals surface area contributed by atoms with Crippen molar-refractivity contribution in [3.63, 3.8) is 0 Å². The van der Waals surface area contributed by atoms with Crippen molar-refractivity contribution in [3.8, 4) is 0 Å². The van der Waals surface area contributed by atoms with Gasteiger partial charge >= 0.3 is 17.9 Å². The van der Waals surface area contributed by atoms with Crippen LogP contribution in [0.2, 0.25) is 0 Å². The zero-order valence-electron chi connectivity index (χ0n) is 43.8. The lowest BCUT2D eigenvalue weighted by molar-refractivity contribution is -0.167. The van der Waals surface area contributed by atoms with Crippen LogP contribution in [0.1, 0.15) is 316 Å². The molecule has 0 bridgehead atoms. The van der Waals surface area contributed by atoms with Crippen molar-refractivity contribution in [1.82, 2.24) is 0 Å². The number of hydrogen-bond acceptors (Lipinski definition) is 6. The SMILES string of the molecule is CCCCCC/C=C\CCCCCCCC(=O)OCC(COC(=O)CCCCCCCCCCC/C=C\CCCCCCCC)OC(=O)CCCCCCCCCCCCCCCCC. The summed E-state index contributed by atoms with van der Waals surface area (Å²) >= 11 is 0. The summed E-state index contributed by atoms with van der Waals surface area (Å²) in [6.07, 6.45) is 63.1. The molecule has 65 heavy (non-hydrogen) atoms. The van der Waals surface area contributed by atoms with Gasteiger partial charge in [-0.15, -0.1) is 0 Å². The Morgan fingerprint density at radius 3 is 0.785 bits per heavy atom. The minimum Gasteiger partial charge on any atom is -0.462 e. The quantitative estimate of drug-likeness (QED) is 0.0262. The van der Waals surface area contributed by atoms with Gasteiger partial charge in [-0.3, -0.25) is 14.4 Å². The first-order chi connectivity index (χ1) is 32.0. The predicted molar refractivity (Wildman–Crippen MR) is 279 cm³/mol. The number of esters is 3. The van der Waals surface area contributed by atoms with Gasteiger partial charge in [-0.25, -0.2) is 0 Å². The number of allylic oxidation sites excluding steroid dienone is 4. The minimum atomic E-state index is -0.771. The van der Waals surface area contributed by atoms with Gasteiger partial charge in [-0.2, -0.15) is 0 Å². The normalized spacial score (nSPS) is 12.1. The second kappa shape index (κ2) is 54.5. The Labute approximate surface area is 404 Å². The smallest absolute Gasteiger partial charge is 0.306 e. The van der Waals surface area contributed by atoms with E-state index in [1.165, 1.54) is 212 Å². The molecule has 6 nitrogen and oxygen atoms in total. The van der Waals surface area contributed by atoms with E-state index in [0.717, 1.165) is 64.2 Å². The number of ether oxygens (including phenoxy) is 3. The Balaban J connectivity index is 4.31. The van der Waals surface area contributed by atoms with E-state index in [9.17, 15) is 14.4 Å². The van der Waals surface area contributed by atoms with Crippen molar-refractivity contribution in [2.75, 3.05) is 13.2 Å². The summed E-state index contributed by atoms with van der Waals surface area (Å²) in [6.45, 7) is 6.66. The first-order valence-corrected chi connectivity index (χ1v) is 28.8. The van der Waals surface area contributed by atoms with Crippen molar-refractivity contribution in [3.05, 3.63) is 24.3 Å². The Hall–Kier alpha value is -2.11. The highest BCUT2D eigenvalue weighted by Gasteiger charge is 2.19. The van der Waals surface area contributed by atoms with E-state index in [-0.39, 0.29) is 31.1 Å². The third-order valence-electron chi connectivity index (χ3n) is 12.9. The van der Waals surface area contributed by atoms with Crippen LogP contribution in [0.5, 0.6) is 0 Å². The van der Waals surface area contributed by atoms with Crippen LogP contribution in [0.4, 0.5) is 0 Å². The molecule has 0 N–H and O–H groups in total. The van der Waals surface area contributed by atoms with Crippen molar-refractivity contribution in [1.29, 1.82) is 0 Å². The maximum Gasteiger partial charge on any atom is 0.306 e. The number of carbonyl (C=O) groups is 3.